The number of hydrogen-bond donors (Lipinski definition) is 2. The number of benzene rings is 1. The minimum absolute atomic E-state index is 0.400. The molecule has 0 aromatic heterocycles. The lowest BCUT2D eigenvalue weighted by atomic mass is 10.3. The molecule has 0 bridgehead atoms. The number of thioether (sulfide) groups is 1. The molecule has 0 spiro atoms. The number of rotatable bonds is 7. The Balaban J connectivity index is 2.14. The molecule has 6 heteroatoms. The Labute approximate surface area is 113 Å². The van der Waals surface area contributed by atoms with Gasteiger partial charge in [-0.1, -0.05) is 22.0 Å². The van der Waals surface area contributed by atoms with Crippen molar-refractivity contribution < 1.29 is 14.6 Å². The second-order valence-electron chi connectivity index (χ2n) is 3.33. The maximum absolute atomic E-state index is 10.4. The highest BCUT2D eigenvalue weighted by atomic mass is 79.9. The Kier molecular flexibility index (Phi) is 6.39. The van der Waals surface area contributed by atoms with Gasteiger partial charge in [0, 0.05) is 16.0 Å². The summed E-state index contributed by atoms with van der Waals surface area (Å²) in [5.74, 6) is 0.943. The van der Waals surface area contributed by atoms with Crippen LogP contribution in [0.15, 0.2) is 28.7 Å². The molecule has 17 heavy (non-hydrogen) atoms. The Morgan fingerprint density at radius 3 is 3.00 bits per heavy atom. The van der Waals surface area contributed by atoms with Gasteiger partial charge in [0.05, 0.1) is 6.61 Å². The minimum Gasteiger partial charge on any atom is -0.493 e. The monoisotopic (exact) mass is 319 g/mol. The van der Waals surface area contributed by atoms with Crippen molar-refractivity contribution in [3.05, 3.63) is 28.7 Å². The summed E-state index contributed by atoms with van der Waals surface area (Å²) in [6.07, 6.45) is 0. The van der Waals surface area contributed by atoms with Crippen LogP contribution in [-0.4, -0.2) is 35.2 Å². The lowest BCUT2D eigenvalue weighted by molar-refractivity contribution is -0.137. The molecule has 1 atom stereocenters. The zero-order valence-electron chi connectivity index (χ0n) is 9.14. The molecule has 0 saturated carbocycles. The third-order valence-electron chi connectivity index (χ3n) is 1.91. The predicted octanol–water partition coefficient (Wildman–Crippen LogP) is 1.97. The number of ether oxygens (including phenoxy) is 1. The average Bonchev–Trinajstić information content (AvgIpc) is 2.28. The molecule has 4 nitrogen and oxygen atoms in total. The number of carboxylic acids is 1. The molecule has 0 amide bonds. The maximum Gasteiger partial charge on any atom is 0.321 e. The smallest absolute Gasteiger partial charge is 0.321 e. The van der Waals surface area contributed by atoms with Crippen LogP contribution in [0.2, 0.25) is 0 Å². The first-order valence-corrected chi connectivity index (χ1v) is 6.99. The van der Waals surface area contributed by atoms with Crippen LogP contribution in [0.4, 0.5) is 0 Å². The first-order valence-electron chi connectivity index (χ1n) is 5.04. The zero-order valence-corrected chi connectivity index (χ0v) is 11.5. The molecule has 0 aliphatic rings. The van der Waals surface area contributed by atoms with E-state index in [1.807, 2.05) is 24.3 Å². The molecule has 1 aromatic carbocycles. The number of nitrogens with two attached hydrogens (primary N) is 1. The number of aliphatic carboxylic acids is 1. The van der Waals surface area contributed by atoms with Crippen LogP contribution < -0.4 is 10.5 Å². The van der Waals surface area contributed by atoms with Crippen molar-refractivity contribution in [3.8, 4) is 5.75 Å². The van der Waals surface area contributed by atoms with E-state index >= 15 is 0 Å². The van der Waals surface area contributed by atoms with Gasteiger partial charge in [-0.3, -0.25) is 4.79 Å². The van der Waals surface area contributed by atoms with Crippen LogP contribution in [0.1, 0.15) is 0 Å². The second-order valence-corrected chi connectivity index (χ2v) is 5.39. The molecule has 0 radical (unpaired) electrons. The van der Waals surface area contributed by atoms with Gasteiger partial charge < -0.3 is 15.6 Å². The molecule has 0 saturated heterocycles. The van der Waals surface area contributed by atoms with Crippen LogP contribution in [0.25, 0.3) is 0 Å². The van der Waals surface area contributed by atoms with E-state index in [9.17, 15) is 4.79 Å². The highest BCUT2D eigenvalue weighted by Crippen LogP contribution is 2.17. The molecular formula is C11H14BrNO3S. The van der Waals surface area contributed by atoms with Crippen molar-refractivity contribution in [2.75, 3.05) is 18.1 Å². The van der Waals surface area contributed by atoms with E-state index in [0.717, 1.165) is 10.2 Å². The Hall–Kier alpha value is -0.720. The van der Waals surface area contributed by atoms with E-state index in [0.29, 0.717) is 18.1 Å². The summed E-state index contributed by atoms with van der Waals surface area (Å²) < 4.78 is 6.46. The van der Waals surface area contributed by atoms with E-state index in [4.69, 9.17) is 15.6 Å². The van der Waals surface area contributed by atoms with Crippen molar-refractivity contribution in [2.24, 2.45) is 5.73 Å². The molecule has 1 aromatic rings. The van der Waals surface area contributed by atoms with Gasteiger partial charge in [-0.05, 0) is 18.2 Å². The number of hydrogen-bond acceptors (Lipinski definition) is 4. The van der Waals surface area contributed by atoms with E-state index < -0.39 is 12.0 Å². The molecule has 1 rings (SSSR count). The Morgan fingerprint density at radius 1 is 1.59 bits per heavy atom. The van der Waals surface area contributed by atoms with E-state index in [1.165, 1.54) is 11.8 Å². The van der Waals surface area contributed by atoms with Crippen LogP contribution in [0.5, 0.6) is 5.75 Å². The van der Waals surface area contributed by atoms with Gasteiger partial charge in [-0.15, -0.1) is 0 Å². The minimum atomic E-state index is -0.967. The van der Waals surface area contributed by atoms with Crippen LogP contribution in [0, 0.1) is 0 Å². The first kappa shape index (κ1) is 14.3. The third-order valence-corrected chi connectivity index (χ3v) is 3.45. The number of halogens is 1. The highest BCUT2D eigenvalue weighted by Gasteiger charge is 2.10. The van der Waals surface area contributed by atoms with Crippen molar-refractivity contribution in [3.63, 3.8) is 0 Å². The van der Waals surface area contributed by atoms with Crippen LogP contribution in [0.3, 0.4) is 0 Å². The zero-order chi connectivity index (χ0) is 12.7. The fourth-order valence-electron chi connectivity index (χ4n) is 1.06. The molecular weight excluding hydrogens is 306 g/mol. The van der Waals surface area contributed by atoms with Crippen molar-refractivity contribution in [1.82, 2.24) is 0 Å². The van der Waals surface area contributed by atoms with Crippen LogP contribution >= 0.6 is 27.7 Å². The van der Waals surface area contributed by atoms with Crippen LogP contribution in [-0.2, 0) is 4.79 Å². The fraction of sp³-hybridized carbons (Fsp3) is 0.364. The lowest BCUT2D eigenvalue weighted by Gasteiger charge is -2.08. The third kappa shape index (κ3) is 5.95. The Morgan fingerprint density at radius 2 is 2.35 bits per heavy atom. The van der Waals surface area contributed by atoms with Gasteiger partial charge in [0.1, 0.15) is 11.8 Å². The predicted molar refractivity (Wildman–Crippen MR) is 72.6 cm³/mol. The first-order chi connectivity index (χ1) is 8.09. The average molecular weight is 320 g/mol. The molecule has 0 aliphatic carbocycles. The SMILES string of the molecule is N[C@@H](CSCCOc1cccc(Br)c1)C(=O)O. The van der Waals surface area contributed by atoms with Gasteiger partial charge in [0.15, 0.2) is 0 Å². The summed E-state index contributed by atoms with van der Waals surface area (Å²) in [5, 5.41) is 8.57. The van der Waals surface area contributed by atoms with Gasteiger partial charge >= 0.3 is 5.97 Å². The van der Waals surface area contributed by atoms with Gasteiger partial charge in [-0.25, -0.2) is 0 Å². The molecule has 0 fully saturated rings. The largest absolute Gasteiger partial charge is 0.493 e. The van der Waals surface area contributed by atoms with Gasteiger partial charge in [0.25, 0.3) is 0 Å². The summed E-state index contributed by atoms with van der Waals surface area (Å²) in [7, 11) is 0. The van der Waals surface area contributed by atoms with Gasteiger partial charge in [-0.2, -0.15) is 11.8 Å². The normalized spacial score (nSPS) is 12.1. The Bertz CT molecular complexity index is 375. The standard InChI is InChI=1S/C11H14BrNO3S/c12-8-2-1-3-9(6-8)16-4-5-17-7-10(13)11(14)15/h1-3,6,10H,4-5,7,13H2,(H,14,15)/t10-/m0/s1. The summed E-state index contributed by atoms with van der Waals surface area (Å²) >= 11 is 4.82. The van der Waals surface area contributed by atoms with E-state index in [2.05, 4.69) is 15.9 Å². The van der Waals surface area contributed by atoms with Gasteiger partial charge in [0.2, 0.25) is 0 Å². The fourth-order valence-corrected chi connectivity index (χ4v) is 2.20. The summed E-state index contributed by atoms with van der Waals surface area (Å²) in [6.45, 7) is 0.535. The quantitative estimate of drug-likeness (QED) is 0.752. The molecule has 0 heterocycles. The summed E-state index contributed by atoms with van der Waals surface area (Å²) in [5.41, 5.74) is 5.36. The number of carbonyl (C=O) groups is 1. The highest BCUT2D eigenvalue weighted by molar-refractivity contribution is 9.10. The molecule has 94 valence electrons. The number of carboxylic acid groups (broad SMARTS) is 1. The molecule has 0 aliphatic heterocycles. The summed E-state index contributed by atoms with van der Waals surface area (Å²) in [6, 6.07) is 6.78. The van der Waals surface area contributed by atoms with Crippen molar-refractivity contribution >= 4 is 33.7 Å². The summed E-state index contributed by atoms with van der Waals surface area (Å²) in [4.78, 5) is 10.4. The van der Waals surface area contributed by atoms with E-state index in [-0.39, 0.29) is 0 Å². The van der Waals surface area contributed by atoms with E-state index in [1.54, 1.807) is 0 Å². The lowest BCUT2D eigenvalue weighted by Crippen LogP contribution is -2.32. The van der Waals surface area contributed by atoms with Crippen molar-refractivity contribution in [2.45, 2.75) is 6.04 Å². The topological polar surface area (TPSA) is 72.5 Å². The maximum atomic E-state index is 10.4. The second kappa shape index (κ2) is 7.58. The molecule has 3 N–H and O–H groups in total. The molecule has 0 unspecified atom stereocenters. The van der Waals surface area contributed by atoms with Crippen molar-refractivity contribution in [1.29, 1.82) is 0 Å².